The van der Waals surface area contributed by atoms with E-state index in [-0.39, 0.29) is 6.29 Å². The number of benzene rings is 1. The molecule has 0 spiro atoms. The molecule has 0 bridgehead atoms. The summed E-state index contributed by atoms with van der Waals surface area (Å²) in [6, 6.07) is 7.82. The van der Waals surface area contributed by atoms with Gasteiger partial charge in [-0.1, -0.05) is 25.1 Å². The van der Waals surface area contributed by atoms with Gasteiger partial charge in [-0.2, -0.15) is 0 Å². The van der Waals surface area contributed by atoms with Crippen molar-refractivity contribution in [3.05, 3.63) is 29.8 Å². The summed E-state index contributed by atoms with van der Waals surface area (Å²) in [6.45, 7) is 3.68. The molecule has 0 aliphatic carbocycles. The molecule has 1 aromatic carbocycles. The summed E-state index contributed by atoms with van der Waals surface area (Å²) in [5.74, 6) is 1.34. The molecular weight excluding hydrogens is 204 g/mol. The van der Waals surface area contributed by atoms with Crippen LogP contribution in [0.25, 0.3) is 0 Å². The minimum absolute atomic E-state index is 0.279. The first-order valence-electron chi connectivity index (χ1n) is 5.71. The van der Waals surface area contributed by atoms with E-state index < -0.39 is 0 Å². The number of ether oxygens (including phenoxy) is 3. The molecule has 88 valence electrons. The fourth-order valence-corrected chi connectivity index (χ4v) is 1.82. The van der Waals surface area contributed by atoms with E-state index in [4.69, 9.17) is 14.2 Å². The van der Waals surface area contributed by atoms with Crippen LogP contribution in [0, 0.1) is 5.92 Å². The van der Waals surface area contributed by atoms with Crippen LogP contribution < -0.4 is 4.74 Å². The highest BCUT2D eigenvalue weighted by atomic mass is 16.7. The van der Waals surface area contributed by atoms with E-state index in [0.29, 0.717) is 5.92 Å². The van der Waals surface area contributed by atoms with Gasteiger partial charge in [-0.15, -0.1) is 0 Å². The second-order valence-corrected chi connectivity index (χ2v) is 4.01. The lowest BCUT2D eigenvalue weighted by molar-refractivity contribution is -0.205. The van der Waals surface area contributed by atoms with Crippen LogP contribution in [0.4, 0.5) is 0 Å². The predicted octanol–water partition coefficient (Wildman–Crippen LogP) is 2.77. The molecule has 1 aromatic rings. The van der Waals surface area contributed by atoms with Crippen LogP contribution >= 0.6 is 0 Å². The molecule has 2 rings (SSSR count). The largest absolute Gasteiger partial charge is 0.496 e. The summed E-state index contributed by atoms with van der Waals surface area (Å²) in [7, 11) is 1.66. The van der Waals surface area contributed by atoms with Crippen LogP contribution in [0.3, 0.4) is 0 Å². The van der Waals surface area contributed by atoms with Crippen LogP contribution in [0.2, 0.25) is 0 Å². The molecule has 0 atom stereocenters. The molecular formula is C13H18O3. The molecule has 1 aliphatic heterocycles. The molecule has 1 heterocycles. The van der Waals surface area contributed by atoms with E-state index in [1.807, 2.05) is 24.3 Å². The van der Waals surface area contributed by atoms with E-state index in [2.05, 4.69) is 6.92 Å². The molecule has 3 nitrogen and oxygen atoms in total. The van der Waals surface area contributed by atoms with Crippen LogP contribution in [0.15, 0.2) is 24.3 Å². The topological polar surface area (TPSA) is 27.7 Å². The van der Waals surface area contributed by atoms with Gasteiger partial charge >= 0.3 is 0 Å². The zero-order chi connectivity index (χ0) is 11.4. The fraction of sp³-hybridized carbons (Fsp3) is 0.538. The Kier molecular flexibility index (Phi) is 3.80. The van der Waals surface area contributed by atoms with Gasteiger partial charge in [0.2, 0.25) is 0 Å². The minimum Gasteiger partial charge on any atom is -0.496 e. The summed E-state index contributed by atoms with van der Waals surface area (Å²) < 4.78 is 16.7. The quantitative estimate of drug-likeness (QED) is 0.787. The Balaban J connectivity index is 2.07. The number of rotatable bonds is 3. The van der Waals surface area contributed by atoms with Crippen molar-refractivity contribution in [2.75, 3.05) is 20.3 Å². The first-order valence-corrected chi connectivity index (χ1v) is 5.71. The second kappa shape index (κ2) is 5.32. The first-order chi connectivity index (χ1) is 7.85. The number of methoxy groups -OCH3 is 1. The van der Waals surface area contributed by atoms with Gasteiger partial charge in [-0.25, -0.2) is 0 Å². The number of para-hydroxylation sites is 1. The maximum atomic E-state index is 5.71. The average molecular weight is 222 g/mol. The number of hydrogen-bond acceptors (Lipinski definition) is 3. The Morgan fingerprint density at radius 3 is 2.56 bits per heavy atom. The summed E-state index contributed by atoms with van der Waals surface area (Å²) >= 11 is 0. The molecule has 3 heteroatoms. The molecule has 0 aromatic heterocycles. The third-order valence-corrected chi connectivity index (χ3v) is 2.94. The normalized spacial score (nSPS) is 25.4. The standard InChI is InChI=1S/C13H18O3/c1-3-10-8-15-13(16-9-10)11-6-4-5-7-12(11)14-2/h4-7,10,13H,3,8-9H2,1-2H3. The average Bonchev–Trinajstić information content (AvgIpc) is 2.39. The molecule has 0 radical (unpaired) electrons. The SMILES string of the molecule is CCC1COC(c2ccccc2OC)OC1. The monoisotopic (exact) mass is 222 g/mol. The highest BCUT2D eigenvalue weighted by molar-refractivity contribution is 5.34. The Morgan fingerprint density at radius 1 is 1.25 bits per heavy atom. The zero-order valence-corrected chi connectivity index (χ0v) is 9.81. The first kappa shape index (κ1) is 11.4. The summed E-state index contributed by atoms with van der Waals surface area (Å²) in [5.41, 5.74) is 0.972. The maximum absolute atomic E-state index is 5.71. The van der Waals surface area contributed by atoms with Crippen molar-refractivity contribution in [2.45, 2.75) is 19.6 Å². The fourth-order valence-electron chi connectivity index (χ4n) is 1.82. The summed E-state index contributed by atoms with van der Waals surface area (Å²) in [4.78, 5) is 0. The van der Waals surface area contributed by atoms with Gasteiger partial charge in [-0.3, -0.25) is 0 Å². The lowest BCUT2D eigenvalue weighted by Crippen LogP contribution is -2.26. The molecule has 0 amide bonds. The molecule has 1 fully saturated rings. The van der Waals surface area contributed by atoms with Gasteiger partial charge in [0.15, 0.2) is 6.29 Å². The van der Waals surface area contributed by atoms with Crippen LogP contribution in [-0.4, -0.2) is 20.3 Å². The molecule has 0 saturated carbocycles. The Bertz CT molecular complexity index is 330. The van der Waals surface area contributed by atoms with E-state index in [1.165, 1.54) is 0 Å². The van der Waals surface area contributed by atoms with Crippen molar-refractivity contribution in [1.29, 1.82) is 0 Å². The Hall–Kier alpha value is -1.06. The molecule has 16 heavy (non-hydrogen) atoms. The van der Waals surface area contributed by atoms with Crippen molar-refractivity contribution >= 4 is 0 Å². The van der Waals surface area contributed by atoms with Crippen molar-refractivity contribution in [2.24, 2.45) is 5.92 Å². The summed E-state index contributed by atoms with van der Waals surface area (Å²) in [5, 5.41) is 0. The lowest BCUT2D eigenvalue weighted by Gasteiger charge is -2.29. The van der Waals surface area contributed by atoms with Crippen LogP contribution in [0.5, 0.6) is 5.75 Å². The van der Waals surface area contributed by atoms with E-state index in [9.17, 15) is 0 Å². The van der Waals surface area contributed by atoms with Gasteiger partial charge in [0.05, 0.1) is 20.3 Å². The van der Waals surface area contributed by atoms with Gasteiger partial charge in [0, 0.05) is 11.5 Å². The van der Waals surface area contributed by atoms with Gasteiger partial charge in [0.1, 0.15) is 5.75 Å². The highest BCUT2D eigenvalue weighted by Crippen LogP contribution is 2.31. The third kappa shape index (κ3) is 2.36. The summed E-state index contributed by atoms with van der Waals surface area (Å²) in [6.07, 6.45) is 0.817. The van der Waals surface area contributed by atoms with Crippen LogP contribution in [-0.2, 0) is 9.47 Å². The van der Waals surface area contributed by atoms with Crippen molar-refractivity contribution < 1.29 is 14.2 Å². The van der Waals surface area contributed by atoms with E-state index in [0.717, 1.165) is 30.9 Å². The van der Waals surface area contributed by atoms with Gasteiger partial charge in [0.25, 0.3) is 0 Å². The van der Waals surface area contributed by atoms with Crippen molar-refractivity contribution in [3.63, 3.8) is 0 Å². The molecule has 1 saturated heterocycles. The van der Waals surface area contributed by atoms with Gasteiger partial charge in [-0.05, 0) is 12.5 Å². The van der Waals surface area contributed by atoms with Gasteiger partial charge < -0.3 is 14.2 Å². The Labute approximate surface area is 96.3 Å². The second-order valence-electron chi connectivity index (χ2n) is 4.01. The molecule has 0 N–H and O–H groups in total. The van der Waals surface area contributed by atoms with E-state index >= 15 is 0 Å². The lowest BCUT2D eigenvalue weighted by atomic mass is 10.1. The third-order valence-electron chi connectivity index (χ3n) is 2.94. The minimum atomic E-state index is -0.279. The zero-order valence-electron chi connectivity index (χ0n) is 9.81. The predicted molar refractivity (Wildman–Crippen MR) is 61.4 cm³/mol. The van der Waals surface area contributed by atoms with Crippen molar-refractivity contribution in [1.82, 2.24) is 0 Å². The molecule has 0 unspecified atom stereocenters. The maximum Gasteiger partial charge on any atom is 0.187 e. The van der Waals surface area contributed by atoms with E-state index in [1.54, 1.807) is 7.11 Å². The Morgan fingerprint density at radius 2 is 1.94 bits per heavy atom. The molecule has 1 aliphatic rings. The van der Waals surface area contributed by atoms with Crippen molar-refractivity contribution in [3.8, 4) is 5.75 Å². The smallest absolute Gasteiger partial charge is 0.187 e. The number of hydrogen-bond donors (Lipinski definition) is 0. The highest BCUT2D eigenvalue weighted by Gasteiger charge is 2.24. The van der Waals surface area contributed by atoms with Crippen LogP contribution in [0.1, 0.15) is 25.2 Å².